The summed E-state index contributed by atoms with van der Waals surface area (Å²) in [6.45, 7) is 9.88. The Morgan fingerprint density at radius 3 is 2.05 bits per heavy atom. The molecule has 17 N–H and O–H groups in total. The number of nitrogens with two attached hydrogens (primary N) is 1. The summed E-state index contributed by atoms with van der Waals surface area (Å²) in [5.41, 5.74) is 3.14. The van der Waals surface area contributed by atoms with Crippen LogP contribution in [0.2, 0.25) is 0 Å². The quantitative estimate of drug-likeness (QED) is 0.0950. The van der Waals surface area contributed by atoms with Gasteiger partial charge in [-0.25, -0.2) is 4.79 Å². The van der Waals surface area contributed by atoms with Crippen molar-refractivity contribution >= 4 is 65.0 Å². The number of hydrogen-bond donors (Lipinski definition) is 16. The van der Waals surface area contributed by atoms with Crippen molar-refractivity contribution in [2.24, 2.45) is 17.6 Å². The lowest BCUT2D eigenvalue weighted by molar-refractivity contribution is -0.277. The third-order valence-electron chi connectivity index (χ3n) is 18.6. The first kappa shape index (κ1) is 76.8. The molecule has 0 saturated carbocycles. The van der Waals surface area contributed by atoms with Gasteiger partial charge in [0.05, 0.1) is 24.2 Å². The zero-order valence-electron chi connectivity index (χ0n) is 57.9. The second kappa shape index (κ2) is 31.2. The molecule has 11 bridgehead atoms. The molecule has 2 fully saturated rings. The van der Waals surface area contributed by atoms with Gasteiger partial charge in [0.2, 0.25) is 59.3 Å². The molecule has 0 radical (unpaired) electrons. The number of halogens is 1. The Morgan fingerprint density at radius 1 is 0.750 bits per heavy atom. The summed E-state index contributed by atoms with van der Waals surface area (Å²) in [5.74, 6) is -15.3. The highest BCUT2D eigenvalue weighted by Gasteiger charge is 2.48. The molecular weight excluding hydrogens is 1380 g/mol. The number of phenols is 3. The van der Waals surface area contributed by atoms with Crippen molar-refractivity contribution in [3.8, 4) is 51.4 Å². The summed E-state index contributed by atoms with van der Waals surface area (Å²) in [7, 11) is 3.11. The molecule has 12 rings (SSSR count). The molecule has 34 heteroatoms. The maximum absolute atomic E-state index is 16.1. The highest BCUT2D eigenvalue weighted by atomic mass is 35.5. The number of piperazine rings is 1. The van der Waals surface area contributed by atoms with Gasteiger partial charge >= 0.3 is 6.09 Å². The molecule has 4 aromatic rings. The number of aliphatic hydroxyl groups is 6. The molecule has 1 aliphatic carbocycles. The van der Waals surface area contributed by atoms with E-state index in [9.17, 15) is 60.3 Å². The minimum Gasteiger partial charge on any atom is -0.508 e. The fraction of sp³-hybridized carbons (Fsp3) is 0.471. The van der Waals surface area contributed by atoms with Crippen LogP contribution in [-0.4, -0.2) is 227 Å². The highest BCUT2D eigenvalue weighted by molar-refractivity contribution is 6.31. The minimum absolute atomic E-state index is 0.0265. The Morgan fingerprint density at radius 2 is 1.40 bits per heavy atom. The number of nitrogens with one attached hydrogen (secondary N) is 6. The molecule has 8 aliphatic rings. The SMILES string of the molecule is Cc1cc2ccc1Oc1cc3cc(c1O[C@@H]1O[C@H](CO)[C@@H](O)[C@H](O)[C@H]1O)OC1=CC[C@@H](C=C1Cl)[C@@H](O)[C@@H]1NC(=O)[C@H](NC(=O)[C@@H]3NC(=O)[C@H](CC(N)=O)NC(=O)[C@H](NC(=O)[C@@H](CC(C)C)N(C)C(=O)OC(C)(C)C)[C@@H]2O)c2ccc(O)c(c2)-c2c(O)cc(O)cc2[C@@H](C(=O)N2CCN(C)CC2)NC1=O. The summed E-state index contributed by atoms with van der Waals surface area (Å²) in [6, 6.07) is -2.75. The Bertz CT molecular complexity index is 4100. The van der Waals surface area contributed by atoms with Gasteiger partial charge in [0.15, 0.2) is 11.5 Å². The zero-order valence-corrected chi connectivity index (χ0v) is 58.6. The van der Waals surface area contributed by atoms with Crippen LogP contribution in [0.5, 0.6) is 40.2 Å². The number of benzene rings is 4. The van der Waals surface area contributed by atoms with Gasteiger partial charge in [-0.05, 0) is 130 Å². The first-order valence-electron chi connectivity index (χ1n) is 33.5. The van der Waals surface area contributed by atoms with Gasteiger partial charge in [0.1, 0.15) is 107 Å². The number of rotatable bonds is 11. The van der Waals surface area contributed by atoms with Crippen LogP contribution in [0, 0.1) is 18.8 Å². The van der Waals surface area contributed by atoms with Crippen LogP contribution in [0.3, 0.4) is 0 Å². The molecule has 0 unspecified atom stereocenters. The number of likely N-dealkylation sites (N-methyl/N-ethyl adjacent to an activating group) is 2. The van der Waals surface area contributed by atoms with E-state index in [4.69, 9.17) is 41.0 Å². The fourth-order valence-corrected chi connectivity index (χ4v) is 13.2. The first-order chi connectivity index (χ1) is 49.0. The van der Waals surface area contributed by atoms with Crippen molar-refractivity contribution in [1.29, 1.82) is 0 Å². The van der Waals surface area contributed by atoms with E-state index >= 15 is 28.8 Å². The third kappa shape index (κ3) is 16.7. The number of fused-ring (bicyclic) bond motifs is 14. The average Bonchev–Trinajstić information content (AvgIpc) is 0.766. The molecule has 0 aromatic heterocycles. The van der Waals surface area contributed by atoms with Crippen LogP contribution < -0.4 is 51.8 Å². The summed E-state index contributed by atoms with van der Waals surface area (Å²) < 4.78 is 31.0. The van der Waals surface area contributed by atoms with E-state index < -0.39 is 203 Å². The first-order valence-corrected chi connectivity index (χ1v) is 33.9. The molecule has 9 amide bonds. The molecule has 33 nitrogen and oxygen atoms in total. The van der Waals surface area contributed by atoms with E-state index in [-0.39, 0.29) is 81.8 Å². The van der Waals surface area contributed by atoms with Crippen LogP contribution >= 0.6 is 11.6 Å². The van der Waals surface area contributed by atoms with Gasteiger partial charge in [-0.2, -0.15) is 0 Å². The number of carbonyl (C=O) groups excluding carboxylic acids is 9. The third-order valence-corrected chi connectivity index (χ3v) is 18.9. The lowest BCUT2D eigenvalue weighted by atomic mass is 9.87. The number of allylic oxidation sites excluding steroid dienone is 2. The van der Waals surface area contributed by atoms with Crippen molar-refractivity contribution in [3.63, 3.8) is 0 Å². The Balaban J connectivity index is 1.19. The summed E-state index contributed by atoms with van der Waals surface area (Å²) in [5, 5.41) is 119. The van der Waals surface area contributed by atoms with E-state index in [0.29, 0.717) is 13.1 Å². The minimum atomic E-state index is -2.30. The second-order valence-corrected chi connectivity index (χ2v) is 28.3. The number of aryl methyl sites for hydroxylation is 1. The smallest absolute Gasteiger partial charge is 0.410 e. The van der Waals surface area contributed by atoms with Gasteiger partial charge in [-0.15, -0.1) is 0 Å². The van der Waals surface area contributed by atoms with E-state index in [0.717, 1.165) is 47.4 Å². The van der Waals surface area contributed by atoms with Crippen molar-refractivity contribution in [1.82, 2.24) is 46.6 Å². The molecule has 104 heavy (non-hydrogen) atoms. The van der Waals surface area contributed by atoms with Crippen molar-refractivity contribution < 1.29 is 113 Å². The fourth-order valence-electron chi connectivity index (χ4n) is 12.9. The lowest BCUT2D eigenvalue weighted by Gasteiger charge is -2.40. The topological polar surface area (TPSA) is 490 Å². The van der Waals surface area contributed by atoms with Gasteiger partial charge in [0.25, 0.3) is 0 Å². The molecule has 15 atom stereocenters. The Labute approximate surface area is 600 Å². The van der Waals surface area contributed by atoms with Gasteiger partial charge < -0.3 is 117 Å². The number of phenolic OH excluding ortho intramolecular Hbond substituents is 3. The van der Waals surface area contributed by atoms with Crippen LogP contribution in [0.1, 0.15) is 106 Å². The van der Waals surface area contributed by atoms with E-state index in [1.165, 1.54) is 49.2 Å². The number of aromatic hydroxyl groups is 3. The molecule has 0 spiro atoms. The normalized spacial score (nSPS) is 27.2. The zero-order chi connectivity index (χ0) is 75.8. The summed E-state index contributed by atoms with van der Waals surface area (Å²) >= 11 is 7.11. The molecular formula is C70H85ClN10O23. The van der Waals surface area contributed by atoms with Gasteiger partial charge in [0, 0.05) is 56.3 Å². The largest absolute Gasteiger partial charge is 0.508 e. The number of primary amides is 1. The van der Waals surface area contributed by atoms with Crippen LogP contribution in [0.4, 0.5) is 4.79 Å². The van der Waals surface area contributed by atoms with Crippen molar-refractivity contribution in [2.75, 3.05) is 46.9 Å². The standard InChI is InChI=1S/C70H85ClN10O23/c1-29(2)19-40(80(8)69(99)104-70(4,5)6)62(93)77-53-55(87)32-10-13-43(30(3)20-32)100-45-23-34-24-46(60(45)103-68-59(91)58(90)57(89)47(28-82)102-68)101-44-14-11-33(22-38(44)71)56(88)54-66(97)76-52(67(98)81-17-15-79(7)16-18-81)37-25-35(83)26-42(85)49(37)36-21-31(9-12-41(36)84)50(63(94)78-54)75-64(95)51(34)74-61(92)39(27-48(72)86)73-65(53)96/h9-10,12-14,20-26,29,33,39-40,47,50-59,68,82-85,87-91H,11,15-19,27-28H2,1-8H3,(H2,72,86)(H,73,96)(H,74,92)(H,75,95)(H,76,97)(H,77,93)(H,78,94)/t33-,39-,40+,47+,50+,51+,52-,53+,54-,55+,56+,57+,58-,59+,68-/m0/s1. The lowest BCUT2D eigenvalue weighted by Crippen LogP contribution is -2.60. The van der Waals surface area contributed by atoms with E-state index in [2.05, 4.69) is 31.9 Å². The highest BCUT2D eigenvalue weighted by Crippen LogP contribution is 2.49. The number of aliphatic hydroxyl groups excluding tert-OH is 6. The average molecular weight is 1470 g/mol. The van der Waals surface area contributed by atoms with Crippen molar-refractivity contribution in [2.45, 2.75) is 152 Å². The number of nitrogens with zero attached hydrogens (tertiary/aromatic N) is 3. The van der Waals surface area contributed by atoms with E-state index in [1.807, 2.05) is 11.9 Å². The van der Waals surface area contributed by atoms with E-state index in [1.54, 1.807) is 34.6 Å². The second-order valence-electron chi connectivity index (χ2n) is 27.9. The Hall–Kier alpha value is -9.84. The molecule has 2 saturated heterocycles. The Kier molecular flexibility index (Phi) is 23.1. The molecule has 7 heterocycles. The van der Waals surface area contributed by atoms with Crippen LogP contribution in [0.25, 0.3) is 11.1 Å². The molecule has 560 valence electrons. The number of hydrogen-bond acceptors (Lipinski definition) is 24. The van der Waals surface area contributed by atoms with Gasteiger partial charge in [-0.1, -0.05) is 43.7 Å². The molecule has 7 aliphatic heterocycles. The molecule has 4 aromatic carbocycles. The number of ether oxygens (including phenoxy) is 5. The predicted molar refractivity (Wildman–Crippen MR) is 364 cm³/mol. The predicted octanol–water partition coefficient (Wildman–Crippen LogP) is 0.148. The number of amides is 9. The van der Waals surface area contributed by atoms with Crippen molar-refractivity contribution in [3.05, 3.63) is 111 Å². The maximum Gasteiger partial charge on any atom is 0.410 e. The maximum atomic E-state index is 16.1. The van der Waals surface area contributed by atoms with Gasteiger partial charge in [-0.3, -0.25) is 43.3 Å². The van der Waals surface area contributed by atoms with Crippen LogP contribution in [0.15, 0.2) is 83.6 Å². The summed E-state index contributed by atoms with van der Waals surface area (Å²) in [6.07, 6.45) is -13.6. The number of carbonyl (C=O) groups is 9. The summed E-state index contributed by atoms with van der Waals surface area (Å²) in [4.78, 5) is 139. The monoisotopic (exact) mass is 1470 g/mol. The van der Waals surface area contributed by atoms with Crippen LogP contribution in [-0.2, 0) is 47.8 Å².